The Kier molecular flexibility index (Phi) is 4.14. The topological polar surface area (TPSA) is 26.3 Å². The molecule has 0 N–H and O–H groups in total. The Morgan fingerprint density at radius 3 is 2.71 bits per heavy atom. The zero-order chi connectivity index (χ0) is 10.6. The van der Waals surface area contributed by atoms with Crippen molar-refractivity contribution < 1.29 is 9.53 Å². The summed E-state index contributed by atoms with van der Waals surface area (Å²) in [7, 11) is 0. The average molecular weight is 257 g/mol. The second-order valence-corrected chi connectivity index (χ2v) is 3.73. The number of ether oxygens (including phenoxy) is 1. The first-order valence-corrected chi connectivity index (χ1v) is 5.43. The van der Waals surface area contributed by atoms with Crippen molar-refractivity contribution in [3.63, 3.8) is 0 Å². The zero-order valence-electron chi connectivity index (χ0n) is 8.34. The van der Waals surface area contributed by atoms with Crippen LogP contribution in [0.4, 0.5) is 0 Å². The summed E-state index contributed by atoms with van der Waals surface area (Å²) in [6, 6.07) is 5.51. The molecular formula is C11H13BrO2. The fourth-order valence-corrected chi connectivity index (χ4v) is 1.71. The van der Waals surface area contributed by atoms with Crippen molar-refractivity contribution in [1.82, 2.24) is 0 Å². The van der Waals surface area contributed by atoms with Crippen molar-refractivity contribution in [3.8, 4) is 0 Å². The van der Waals surface area contributed by atoms with Gasteiger partial charge in [0, 0.05) is 4.47 Å². The lowest BCUT2D eigenvalue weighted by Crippen LogP contribution is -2.05. The van der Waals surface area contributed by atoms with Crippen molar-refractivity contribution in [2.45, 2.75) is 20.3 Å². The van der Waals surface area contributed by atoms with Crippen LogP contribution in [0.5, 0.6) is 0 Å². The molecule has 0 aliphatic heterocycles. The van der Waals surface area contributed by atoms with E-state index in [1.54, 1.807) is 13.0 Å². The van der Waals surface area contributed by atoms with E-state index in [9.17, 15) is 4.79 Å². The van der Waals surface area contributed by atoms with Crippen LogP contribution in [-0.2, 0) is 11.2 Å². The molecule has 0 unspecified atom stereocenters. The lowest BCUT2D eigenvalue weighted by atomic mass is 10.1. The third-order valence-electron chi connectivity index (χ3n) is 1.94. The van der Waals surface area contributed by atoms with E-state index in [1.165, 1.54) is 0 Å². The predicted molar refractivity (Wildman–Crippen MR) is 59.5 cm³/mol. The summed E-state index contributed by atoms with van der Waals surface area (Å²) in [5, 5.41) is 0. The van der Waals surface area contributed by atoms with E-state index in [-0.39, 0.29) is 5.97 Å². The summed E-state index contributed by atoms with van der Waals surface area (Å²) in [6.07, 6.45) is 0.897. The first-order valence-electron chi connectivity index (χ1n) is 4.64. The first kappa shape index (κ1) is 11.2. The number of hydrogen-bond donors (Lipinski definition) is 0. The van der Waals surface area contributed by atoms with Crippen molar-refractivity contribution in [2.75, 3.05) is 6.61 Å². The SMILES string of the molecule is CCOC(=O)c1ccc(Br)c(CC)c1. The van der Waals surface area contributed by atoms with E-state index in [4.69, 9.17) is 4.74 Å². The molecule has 0 saturated carbocycles. The van der Waals surface area contributed by atoms with Gasteiger partial charge in [0.15, 0.2) is 0 Å². The second-order valence-electron chi connectivity index (χ2n) is 2.88. The minimum atomic E-state index is -0.255. The zero-order valence-corrected chi connectivity index (χ0v) is 9.93. The molecule has 0 amide bonds. The van der Waals surface area contributed by atoms with Gasteiger partial charge in [-0.25, -0.2) is 4.79 Å². The molecule has 0 atom stereocenters. The quantitative estimate of drug-likeness (QED) is 0.777. The highest BCUT2D eigenvalue weighted by molar-refractivity contribution is 9.10. The van der Waals surface area contributed by atoms with Crippen LogP contribution in [0.2, 0.25) is 0 Å². The van der Waals surface area contributed by atoms with Gasteiger partial charge < -0.3 is 4.74 Å². The maximum absolute atomic E-state index is 11.4. The lowest BCUT2D eigenvalue weighted by Gasteiger charge is -2.05. The monoisotopic (exact) mass is 256 g/mol. The summed E-state index contributed by atoms with van der Waals surface area (Å²) < 4.78 is 5.95. The van der Waals surface area contributed by atoms with Gasteiger partial charge in [0.05, 0.1) is 12.2 Å². The van der Waals surface area contributed by atoms with Gasteiger partial charge in [0.2, 0.25) is 0 Å². The third kappa shape index (κ3) is 2.58. The fraction of sp³-hybridized carbons (Fsp3) is 0.364. The van der Waals surface area contributed by atoms with Crippen molar-refractivity contribution in [1.29, 1.82) is 0 Å². The Balaban J connectivity index is 2.94. The molecule has 0 aliphatic carbocycles. The molecule has 1 aromatic rings. The smallest absolute Gasteiger partial charge is 0.338 e. The van der Waals surface area contributed by atoms with Crippen LogP contribution >= 0.6 is 15.9 Å². The van der Waals surface area contributed by atoms with Gasteiger partial charge in [-0.1, -0.05) is 22.9 Å². The van der Waals surface area contributed by atoms with Crippen LogP contribution in [0, 0.1) is 0 Å². The molecule has 3 heteroatoms. The Bertz CT molecular complexity index is 334. The summed E-state index contributed by atoms with van der Waals surface area (Å²) >= 11 is 3.43. The molecule has 0 fully saturated rings. The average Bonchev–Trinajstić information content (AvgIpc) is 2.19. The van der Waals surface area contributed by atoms with Gasteiger partial charge in [-0.05, 0) is 37.1 Å². The van der Waals surface area contributed by atoms with Gasteiger partial charge in [0.25, 0.3) is 0 Å². The Labute approximate surface area is 92.4 Å². The van der Waals surface area contributed by atoms with E-state index in [1.807, 2.05) is 12.1 Å². The predicted octanol–water partition coefficient (Wildman–Crippen LogP) is 3.19. The number of hydrogen-bond acceptors (Lipinski definition) is 2. The molecule has 0 saturated heterocycles. The van der Waals surface area contributed by atoms with Crippen LogP contribution in [0.1, 0.15) is 29.8 Å². The number of rotatable bonds is 3. The molecule has 0 aromatic heterocycles. The Morgan fingerprint density at radius 1 is 1.43 bits per heavy atom. The van der Waals surface area contributed by atoms with Gasteiger partial charge >= 0.3 is 5.97 Å². The largest absolute Gasteiger partial charge is 0.462 e. The molecule has 0 bridgehead atoms. The summed E-state index contributed by atoms with van der Waals surface area (Å²) in [6.45, 7) is 4.27. The molecule has 0 heterocycles. The van der Waals surface area contributed by atoms with Gasteiger partial charge in [-0.15, -0.1) is 0 Å². The minimum Gasteiger partial charge on any atom is -0.462 e. The van der Waals surface area contributed by atoms with E-state index >= 15 is 0 Å². The molecule has 0 spiro atoms. The molecule has 0 aliphatic rings. The van der Waals surface area contributed by atoms with Gasteiger partial charge in [-0.3, -0.25) is 0 Å². The molecule has 1 aromatic carbocycles. The van der Waals surface area contributed by atoms with E-state index in [2.05, 4.69) is 22.9 Å². The van der Waals surface area contributed by atoms with Crippen LogP contribution in [0.3, 0.4) is 0 Å². The maximum Gasteiger partial charge on any atom is 0.338 e. The van der Waals surface area contributed by atoms with Crippen LogP contribution < -0.4 is 0 Å². The summed E-state index contributed by atoms with van der Waals surface area (Å²) in [4.78, 5) is 11.4. The van der Waals surface area contributed by atoms with E-state index < -0.39 is 0 Å². The van der Waals surface area contributed by atoms with E-state index in [0.29, 0.717) is 12.2 Å². The molecule has 14 heavy (non-hydrogen) atoms. The molecule has 76 valence electrons. The van der Waals surface area contributed by atoms with E-state index in [0.717, 1.165) is 16.5 Å². The number of aryl methyl sites for hydroxylation is 1. The van der Waals surface area contributed by atoms with Gasteiger partial charge in [-0.2, -0.15) is 0 Å². The second kappa shape index (κ2) is 5.15. The molecule has 2 nitrogen and oxygen atoms in total. The van der Waals surface area contributed by atoms with Crippen molar-refractivity contribution >= 4 is 21.9 Å². The number of halogens is 1. The Morgan fingerprint density at radius 2 is 2.14 bits per heavy atom. The van der Waals surface area contributed by atoms with Gasteiger partial charge in [0.1, 0.15) is 0 Å². The standard InChI is InChI=1S/C11H13BrO2/c1-3-8-7-9(5-6-10(8)12)11(13)14-4-2/h5-7H,3-4H2,1-2H3. The summed E-state index contributed by atoms with van der Waals surface area (Å²) in [5.74, 6) is -0.255. The highest BCUT2D eigenvalue weighted by Gasteiger charge is 2.07. The lowest BCUT2D eigenvalue weighted by molar-refractivity contribution is 0.0526. The number of carbonyl (C=O) groups is 1. The number of benzene rings is 1. The van der Waals surface area contributed by atoms with Crippen LogP contribution in [0.25, 0.3) is 0 Å². The number of esters is 1. The molecule has 0 radical (unpaired) electrons. The summed E-state index contributed by atoms with van der Waals surface area (Å²) in [5.41, 5.74) is 1.74. The number of carbonyl (C=O) groups excluding carboxylic acids is 1. The Hall–Kier alpha value is -0.830. The van der Waals surface area contributed by atoms with Crippen molar-refractivity contribution in [2.24, 2.45) is 0 Å². The highest BCUT2D eigenvalue weighted by Crippen LogP contribution is 2.19. The first-order chi connectivity index (χ1) is 6.69. The maximum atomic E-state index is 11.4. The molecular weight excluding hydrogens is 244 g/mol. The van der Waals surface area contributed by atoms with Crippen LogP contribution in [-0.4, -0.2) is 12.6 Å². The normalized spacial score (nSPS) is 9.93. The minimum absolute atomic E-state index is 0.255. The highest BCUT2D eigenvalue weighted by atomic mass is 79.9. The van der Waals surface area contributed by atoms with Crippen molar-refractivity contribution in [3.05, 3.63) is 33.8 Å². The third-order valence-corrected chi connectivity index (χ3v) is 2.71. The molecule has 1 rings (SSSR count). The van der Waals surface area contributed by atoms with Crippen LogP contribution in [0.15, 0.2) is 22.7 Å². The fourth-order valence-electron chi connectivity index (χ4n) is 1.19.